The van der Waals surface area contributed by atoms with E-state index in [-0.39, 0.29) is 24.2 Å². The molecule has 0 fully saturated rings. The van der Waals surface area contributed by atoms with Crippen LogP contribution >= 0.6 is 0 Å². The van der Waals surface area contributed by atoms with Crippen molar-refractivity contribution in [1.82, 2.24) is 10.6 Å². The van der Waals surface area contributed by atoms with Crippen molar-refractivity contribution in [3.05, 3.63) is 23.8 Å². The highest BCUT2D eigenvalue weighted by Gasteiger charge is 2.09. The highest BCUT2D eigenvalue weighted by Crippen LogP contribution is 2.28. The molecule has 0 heterocycles. The van der Waals surface area contributed by atoms with Gasteiger partial charge in [0.1, 0.15) is 0 Å². The van der Waals surface area contributed by atoms with Crippen molar-refractivity contribution in [2.45, 2.75) is 13.0 Å². The van der Waals surface area contributed by atoms with E-state index in [0.717, 1.165) is 5.56 Å². The first-order chi connectivity index (χ1) is 8.08. The maximum Gasteiger partial charge on any atom is 0.233 e. The molecule has 0 radical (unpaired) electrons. The number of nitrogens with one attached hydrogen (secondary N) is 2. The molecule has 5 heteroatoms. The zero-order valence-corrected chi connectivity index (χ0v) is 10.3. The van der Waals surface area contributed by atoms with E-state index in [1.54, 1.807) is 25.2 Å². The Morgan fingerprint density at radius 1 is 1.53 bits per heavy atom. The predicted octanol–water partition coefficient (Wildman–Crippen LogP) is 0.797. The first-order valence-electron chi connectivity index (χ1n) is 5.39. The number of methoxy groups -OCH3 is 1. The number of ether oxygens (including phenoxy) is 1. The highest BCUT2D eigenvalue weighted by atomic mass is 16.5. The number of phenols is 1. The number of aromatic hydroxyl groups is 1. The molecule has 1 rings (SSSR count). The van der Waals surface area contributed by atoms with Crippen molar-refractivity contribution in [2.75, 3.05) is 20.7 Å². The van der Waals surface area contributed by atoms with Crippen molar-refractivity contribution in [3.8, 4) is 11.5 Å². The van der Waals surface area contributed by atoms with Gasteiger partial charge >= 0.3 is 0 Å². The summed E-state index contributed by atoms with van der Waals surface area (Å²) in [4.78, 5) is 11.1. The molecule has 0 spiro atoms. The third-order valence-corrected chi connectivity index (χ3v) is 2.55. The minimum atomic E-state index is -0.0670. The fourth-order valence-corrected chi connectivity index (χ4v) is 1.42. The van der Waals surface area contributed by atoms with Gasteiger partial charge in [0.2, 0.25) is 5.91 Å². The summed E-state index contributed by atoms with van der Waals surface area (Å²) in [5, 5.41) is 15.1. The minimum absolute atomic E-state index is 0.00167. The van der Waals surface area contributed by atoms with Crippen molar-refractivity contribution in [2.24, 2.45) is 0 Å². The van der Waals surface area contributed by atoms with Crippen molar-refractivity contribution in [1.29, 1.82) is 0 Å². The van der Waals surface area contributed by atoms with E-state index in [1.807, 2.05) is 6.92 Å². The average Bonchev–Trinajstić information content (AvgIpc) is 2.35. The molecule has 94 valence electrons. The van der Waals surface area contributed by atoms with Gasteiger partial charge in [-0.1, -0.05) is 6.07 Å². The molecule has 0 saturated carbocycles. The van der Waals surface area contributed by atoms with Gasteiger partial charge in [0.15, 0.2) is 11.5 Å². The summed E-state index contributed by atoms with van der Waals surface area (Å²) in [5.74, 6) is 0.466. The van der Waals surface area contributed by atoms with E-state index in [4.69, 9.17) is 4.74 Å². The molecule has 3 N–H and O–H groups in total. The van der Waals surface area contributed by atoms with E-state index in [0.29, 0.717) is 5.75 Å². The van der Waals surface area contributed by atoms with E-state index in [9.17, 15) is 9.90 Å². The second-order valence-electron chi connectivity index (χ2n) is 3.71. The number of rotatable bonds is 5. The third kappa shape index (κ3) is 3.64. The monoisotopic (exact) mass is 238 g/mol. The van der Waals surface area contributed by atoms with Crippen LogP contribution in [0.25, 0.3) is 0 Å². The third-order valence-electron chi connectivity index (χ3n) is 2.55. The van der Waals surface area contributed by atoms with Gasteiger partial charge in [-0.15, -0.1) is 0 Å². The van der Waals surface area contributed by atoms with Crippen LogP contribution in [0.15, 0.2) is 18.2 Å². The Balaban J connectivity index is 2.68. The zero-order chi connectivity index (χ0) is 12.8. The SMILES string of the molecule is CNC(=O)CNC(C)c1ccc(O)c(OC)c1. The number of benzene rings is 1. The first-order valence-corrected chi connectivity index (χ1v) is 5.39. The highest BCUT2D eigenvalue weighted by molar-refractivity contribution is 5.77. The van der Waals surface area contributed by atoms with E-state index < -0.39 is 0 Å². The molecule has 1 unspecified atom stereocenters. The summed E-state index contributed by atoms with van der Waals surface area (Å²) in [7, 11) is 3.10. The normalized spacial score (nSPS) is 11.9. The number of likely N-dealkylation sites (N-methyl/N-ethyl adjacent to an activating group) is 1. The molecule has 0 aliphatic heterocycles. The van der Waals surface area contributed by atoms with E-state index >= 15 is 0 Å². The number of phenolic OH excluding ortho intramolecular Hbond substituents is 1. The van der Waals surface area contributed by atoms with Gasteiger partial charge in [-0.05, 0) is 24.6 Å². The fraction of sp³-hybridized carbons (Fsp3) is 0.417. The molecule has 1 atom stereocenters. The molecule has 0 bridgehead atoms. The Hall–Kier alpha value is -1.75. The molecule has 17 heavy (non-hydrogen) atoms. The number of hydrogen-bond donors (Lipinski definition) is 3. The quantitative estimate of drug-likeness (QED) is 0.709. The Labute approximate surface area is 101 Å². The first kappa shape index (κ1) is 13.3. The van der Waals surface area contributed by atoms with Crippen LogP contribution in [0.2, 0.25) is 0 Å². The summed E-state index contributed by atoms with van der Waals surface area (Å²) in [6, 6.07) is 5.12. The van der Waals surface area contributed by atoms with E-state index in [2.05, 4.69) is 10.6 Å². The smallest absolute Gasteiger partial charge is 0.233 e. The summed E-state index contributed by atoms with van der Waals surface area (Å²) in [5.41, 5.74) is 0.948. The average molecular weight is 238 g/mol. The van der Waals surface area contributed by atoms with Gasteiger partial charge in [0, 0.05) is 13.1 Å². The van der Waals surface area contributed by atoms with Crippen LogP contribution in [-0.2, 0) is 4.79 Å². The topological polar surface area (TPSA) is 70.6 Å². The lowest BCUT2D eigenvalue weighted by Crippen LogP contribution is -2.32. The molecule has 0 saturated heterocycles. The lowest BCUT2D eigenvalue weighted by Gasteiger charge is -2.15. The molecular weight excluding hydrogens is 220 g/mol. The van der Waals surface area contributed by atoms with Gasteiger partial charge in [0.05, 0.1) is 13.7 Å². The van der Waals surface area contributed by atoms with Gasteiger partial charge < -0.3 is 20.5 Å². The number of carbonyl (C=O) groups is 1. The minimum Gasteiger partial charge on any atom is -0.504 e. The molecule has 0 aromatic heterocycles. The standard InChI is InChI=1S/C12H18N2O3/c1-8(14-7-12(16)13-2)9-4-5-10(15)11(6-9)17-3/h4-6,8,14-15H,7H2,1-3H3,(H,13,16). The molecule has 5 nitrogen and oxygen atoms in total. The maximum atomic E-state index is 11.1. The van der Waals surface area contributed by atoms with Crippen LogP contribution in [0.1, 0.15) is 18.5 Å². The van der Waals surface area contributed by atoms with E-state index in [1.165, 1.54) is 7.11 Å². The van der Waals surface area contributed by atoms with Crippen molar-refractivity contribution >= 4 is 5.91 Å². The maximum absolute atomic E-state index is 11.1. The molecular formula is C12H18N2O3. The second-order valence-corrected chi connectivity index (χ2v) is 3.71. The summed E-state index contributed by atoms with van der Waals surface area (Å²) >= 11 is 0. The number of carbonyl (C=O) groups excluding carboxylic acids is 1. The van der Waals surface area contributed by atoms with Crippen LogP contribution < -0.4 is 15.4 Å². The molecule has 0 aliphatic rings. The summed E-state index contributed by atoms with van der Waals surface area (Å²) < 4.78 is 5.03. The molecule has 0 aliphatic carbocycles. The summed E-state index contributed by atoms with van der Waals surface area (Å²) in [6.07, 6.45) is 0. The predicted molar refractivity (Wildman–Crippen MR) is 65.1 cm³/mol. The Morgan fingerprint density at radius 2 is 2.24 bits per heavy atom. The Kier molecular flexibility index (Phi) is 4.78. The van der Waals surface area contributed by atoms with Gasteiger partial charge in [-0.3, -0.25) is 4.79 Å². The van der Waals surface area contributed by atoms with Crippen molar-refractivity contribution in [3.63, 3.8) is 0 Å². The Bertz CT molecular complexity index is 393. The van der Waals surface area contributed by atoms with Crippen LogP contribution in [0.3, 0.4) is 0 Å². The number of hydrogen-bond acceptors (Lipinski definition) is 4. The molecule has 1 aromatic carbocycles. The van der Waals surface area contributed by atoms with Crippen LogP contribution in [0.5, 0.6) is 11.5 Å². The van der Waals surface area contributed by atoms with Gasteiger partial charge in [0.25, 0.3) is 0 Å². The lowest BCUT2D eigenvalue weighted by molar-refractivity contribution is -0.119. The zero-order valence-electron chi connectivity index (χ0n) is 10.3. The van der Waals surface area contributed by atoms with Crippen LogP contribution in [0, 0.1) is 0 Å². The summed E-state index contributed by atoms with van der Waals surface area (Å²) in [6.45, 7) is 2.19. The van der Waals surface area contributed by atoms with Crippen LogP contribution in [0.4, 0.5) is 0 Å². The van der Waals surface area contributed by atoms with Gasteiger partial charge in [-0.25, -0.2) is 0 Å². The van der Waals surface area contributed by atoms with Gasteiger partial charge in [-0.2, -0.15) is 0 Å². The molecule has 1 amide bonds. The fourth-order valence-electron chi connectivity index (χ4n) is 1.42. The largest absolute Gasteiger partial charge is 0.504 e. The molecule has 1 aromatic rings. The van der Waals surface area contributed by atoms with Crippen LogP contribution in [-0.4, -0.2) is 31.7 Å². The number of amides is 1. The Morgan fingerprint density at radius 3 is 2.82 bits per heavy atom. The van der Waals surface area contributed by atoms with Crippen molar-refractivity contribution < 1.29 is 14.6 Å². The lowest BCUT2D eigenvalue weighted by atomic mass is 10.1. The second kappa shape index (κ2) is 6.10.